The third kappa shape index (κ3) is 4.45. The fourth-order valence-corrected chi connectivity index (χ4v) is 1.73. The fraction of sp³-hybridized carbons (Fsp3) is 0.333. The van der Waals surface area contributed by atoms with Gasteiger partial charge in [-0.1, -0.05) is 0 Å². The molecule has 1 atom stereocenters. The van der Waals surface area contributed by atoms with Gasteiger partial charge in [0.25, 0.3) is 0 Å². The van der Waals surface area contributed by atoms with Gasteiger partial charge in [-0.15, -0.1) is 0 Å². The van der Waals surface area contributed by atoms with Crippen LogP contribution in [0.4, 0.5) is 14.5 Å². The molecule has 4 nitrogen and oxygen atoms in total. The number of sulfonamides is 1. The quantitative estimate of drug-likeness (QED) is 0.653. The summed E-state index contributed by atoms with van der Waals surface area (Å²) >= 11 is 0. The van der Waals surface area contributed by atoms with E-state index in [1.807, 2.05) is 0 Å². The van der Waals surface area contributed by atoms with E-state index in [4.69, 9.17) is 0 Å². The molecule has 0 radical (unpaired) electrons. The first-order valence-electron chi connectivity index (χ1n) is 4.50. The Bertz CT molecular complexity index is 483. The van der Waals surface area contributed by atoms with Crippen LogP contribution in [-0.2, 0) is 10.0 Å². The Kier molecular flexibility index (Phi) is 5.31. The lowest BCUT2D eigenvalue weighted by Crippen LogP contribution is -3.00. The third-order valence-corrected chi connectivity index (χ3v) is 2.50. The second-order valence-corrected chi connectivity index (χ2v) is 5.38. The van der Waals surface area contributed by atoms with Gasteiger partial charge in [-0.25, -0.2) is 17.2 Å². The van der Waals surface area contributed by atoms with Gasteiger partial charge in [-0.05, 0) is 19.1 Å². The second-order valence-electron chi connectivity index (χ2n) is 3.63. The number of halogens is 3. The molecule has 8 heteroatoms. The van der Waals surface area contributed by atoms with Gasteiger partial charge >= 0.3 is 0 Å². The van der Waals surface area contributed by atoms with E-state index in [2.05, 4.69) is 5.73 Å². The summed E-state index contributed by atoms with van der Waals surface area (Å²) in [6.07, 6.45) is 0.823. The van der Waals surface area contributed by atoms with Crippen molar-refractivity contribution < 1.29 is 35.3 Å². The standard InChI is InChI=1S/C9H12F2N2O2S.ClH/c1-5(12)6-3-7(10)9(8(11)4-6)13-16(2,14)15;/h3-5,13H,12H2,1-2H3;1H/t5-;/m0./s1. The van der Waals surface area contributed by atoms with Crippen molar-refractivity contribution in [1.82, 2.24) is 0 Å². The molecule has 4 N–H and O–H groups in total. The average Bonchev–Trinajstić information content (AvgIpc) is 2.09. The molecular weight excluding hydrogens is 274 g/mol. The van der Waals surface area contributed by atoms with Crippen LogP contribution in [0.15, 0.2) is 12.1 Å². The zero-order valence-electron chi connectivity index (χ0n) is 9.30. The molecule has 0 fully saturated rings. The van der Waals surface area contributed by atoms with E-state index < -0.39 is 27.3 Å². The van der Waals surface area contributed by atoms with E-state index >= 15 is 0 Å². The number of nitrogens with one attached hydrogen (secondary N) is 1. The van der Waals surface area contributed by atoms with E-state index in [0.29, 0.717) is 5.56 Å². The van der Waals surface area contributed by atoms with Crippen molar-refractivity contribution in [2.75, 3.05) is 11.0 Å². The molecule has 0 aliphatic rings. The normalized spacial score (nSPS) is 12.8. The topological polar surface area (TPSA) is 73.8 Å². The number of hydrogen-bond donors (Lipinski definition) is 2. The van der Waals surface area contributed by atoms with E-state index in [1.54, 1.807) is 11.6 Å². The van der Waals surface area contributed by atoms with Gasteiger partial charge in [0.1, 0.15) is 11.7 Å². The van der Waals surface area contributed by atoms with E-state index in [0.717, 1.165) is 18.4 Å². The Morgan fingerprint density at radius 3 is 2.00 bits per heavy atom. The Hall–Kier alpha value is -0.920. The smallest absolute Gasteiger partial charge is 0.230 e. The first-order chi connectivity index (χ1) is 7.20. The Balaban J connectivity index is 0.00000256. The predicted molar refractivity (Wildman–Crippen MR) is 56.1 cm³/mol. The first kappa shape index (κ1) is 16.1. The molecule has 0 spiro atoms. The van der Waals surface area contributed by atoms with Crippen LogP contribution >= 0.6 is 0 Å². The van der Waals surface area contributed by atoms with Crippen LogP contribution < -0.4 is 22.9 Å². The van der Waals surface area contributed by atoms with Crippen LogP contribution in [-0.4, -0.2) is 14.7 Å². The SMILES string of the molecule is C[C@H]([NH3+])c1cc(F)c(NS(C)(=O)=O)c(F)c1.[Cl-]. The lowest BCUT2D eigenvalue weighted by molar-refractivity contribution is -0.420. The maximum Gasteiger partial charge on any atom is 0.230 e. The van der Waals surface area contributed by atoms with Crippen molar-refractivity contribution in [3.05, 3.63) is 29.3 Å². The highest BCUT2D eigenvalue weighted by Gasteiger charge is 2.16. The van der Waals surface area contributed by atoms with Crippen molar-refractivity contribution in [3.63, 3.8) is 0 Å². The molecule has 1 aromatic rings. The summed E-state index contributed by atoms with van der Waals surface area (Å²) in [5, 5.41) is 0. The molecule has 0 bridgehead atoms. The van der Waals surface area contributed by atoms with Crippen LogP contribution in [0.1, 0.15) is 18.5 Å². The summed E-state index contributed by atoms with van der Waals surface area (Å²) in [5.74, 6) is -1.90. The Labute approximate surface area is 105 Å². The molecule has 0 amide bonds. The fourth-order valence-electron chi connectivity index (χ4n) is 1.16. The number of rotatable bonds is 3. The minimum atomic E-state index is -3.70. The highest BCUT2D eigenvalue weighted by molar-refractivity contribution is 7.92. The van der Waals surface area contributed by atoms with Crippen molar-refractivity contribution in [3.8, 4) is 0 Å². The first-order valence-corrected chi connectivity index (χ1v) is 6.39. The van der Waals surface area contributed by atoms with E-state index in [9.17, 15) is 17.2 Å². The summed E-state index contributed by atoms with van der Waals surface area (Å²) in [6, 6.07) is 1.85. The minimum Gasteiger partial charge on any atom is -1.00 e. The maximum absolute atomic E-state index is 13.4. The van der Waals surface area contributed by atoms with Gasteiger partial charge in [0.2, 0.25) is 10.0 Å². The van der Waals surface area contributed by atoms with Crippen LogP contribution in [0, 0.1) is 11.6 Å². The van der Waals surface area contributed by atoms with Gasteiger partial charge < -0.3 is 18.1 Å². The van der Waals surface area contributed by atoms with Gasteiger partial charge in [-0.2, -0.15) is 0 Å². The predicted octanol–water partition coefficient (Wildman–Crippen LogP) is -2.36. The third-order valence-electron chi connectivity index (χ3n) is 1.92. The minimum absolute atomic E-state index is 0. The molecule has 17 heavy (non-hydrogen) atoms. The highest BCUT2D eigenvalue weighted by atomic mass is 35.5. The molecule has 1 aromatic carbocycles. The van der Waals surface area contributed by atoms with Crippen molar-refractivity contribution in [2.24, 2.45) is 0 Å². The van der Waals surface area contributed by atoms with Crippen LogP contribution in [0.2, 0.25) is 0 Å². The molecular formula is C9H13ClF2N2O2S. The summed E-state index contributed by atoms with van der Waals surface area (Å²) < 4.78 is 50.3. The number of benzene rings is 1. The second kappa shape index (κ2) is 5.61. The molecule has 0 saturated carbocycles. The lowest BCUT2D eigenvalue weighted by Gasteiger charge is -2.09. The lowest BCUT2D eigenvalue weighted by atomic mass is 10.1. The Morgan fingerprint density at radius 1 is 1.29 bits per heavy atom. The summed E-state index contributed by atoms with van der Waals surface area (Å²) in [5.41, 5.74) is 3.33. The molecule has 1 rings (SSSR count). The van der Waals surface area contributed by atoms with Crippen LogP contribution in [0.3, 0.4) is 0 Å². The van der Waals surface area contributed by atoms with Crippen molar-refractivity contribution >= 4 is 15.7 Å². The molecule has 0 aliphatic heterocycles. The van der Waals surface area contributed by atoms with Crippen molar-refractivity contribution in [1.29, 1.82) is 0 Å². The summed E-state index contributed by atoms with van der Waals surface area (Å²) in [6.45, 7) is 1.68. The molecule has 0 aliphatic carbocycles. The molecule has 0 unspecified atom stereocenters. The van der Waals surface area contributed by atoms with Gasteiger partial charge in [-0.3, -0.25) is 4.72 Å². The van der Waals surface area contributed by atoms with Crippen LogP contribution in [0.25, 0.3) is 0 Å². The zero-order chi connectivity index (χ0) is 12.5. The summed E-state index contributed by atoms with van der Waals surface area (Å²) in [4.78, 5) is 0. The van der Waals surface area contributed by atoms with E-state index in [-0.39, 0.29) is 18.4 Å². The average molecular weight is 287 g/mol. The number of hydrogen-bond acceptors (Lipinski definition) is 2. The van der Waals surface area contributed by atoms with Gasteiger partial charge in [0.15, 0.2) is 11.6 Å². The maximum atomic E-state index is 13.4. The Morgan fingerprint density at radius 2 is 1.71 bits per heavy atom. The number of anilines is 1. The summed E-state index contributed by atoms with van der Waals surface area (Å²) in [7, 11) is -3.70. The molecule has 0 heterocycles. The van der Waals surface area contributed by atoms with Gasteiger partial charge in [0.05, 0.1) is 6.26 Å². The molecule has 0 saturated heterocycles. The zero-order valence-corrected chi connectivity index (χ0v) is 10.9. The van der Waals surface area contributed by atoms with Crippen LogP contribution in [0.5, 0.6) is 0 Å². The highest BCUT2D eigenvalue weighted by Crippen LogP contribution is 2.23. The van der Waals surface area contributed by atoms with Gasteiger partial charge in [0, 0.05) is 5.56 Å². The van der Waals surface area contributed by atoms with E-state index in [1.165, 1.54) is 0 Å². The molecule has 0 aromatic heterocycles. The van der Waals surface area contributed by atoms with Crippen molar-refractivity contribution in [2.45, 2.75) is 13.0 Å². The largest absolute Gasteiger partial charge is 1.00 e. The monoisotopic (exact) mass is 286 g/mol. The molecule has 98 valence electrons. The number of quaternary nitrogens is 1.